The highest BCUT2D eigenvalue weighted by Gasteiger charge is 2.15. The third kappa shape index (κ3) is 3.33. The molecule has 2 rings (SSSR count). The van der Waals surface area contributed by atoms with Gasteiger partial charge in [-0.2, -0.15) is 0 Å². The number of urea groups is 1. The van der Waals surface area contributed by atoms with Crippen molar-refractivity contribution in [3.05, 3.63) is 27.1 Å². The Morgan fingerprint density at radius 2 is 2.05 bits per heavy atom. The number of rotatable bonds is 3. The van der Waals surface area contributed by atoms with E-state index < -0.39 is 11.9 Å². The number of aromatic nitrogens is 2. The van der Waals surface area contributed by atoms with Gasteiger partial charge in [-0.15, -0.1) is 11.3 Å². The number of amides is 3. The molecule has 2 aromatic rings. The van der Waals surface area contributed by atoms with E-state index in [0.29, 0.717) is 10.2 Å². The summed E-state index contributed by atoms with van der Waals surface area (Å²) in [5.41, 5.74) is 0.607. The van der Waals surface area contributed by atoms with Crippen LogP contribution in [0.2, 0.25) is 0 Å². The minimum Gasteiger partial charge on any atom is -0.336 e. The second kappa shape index (κ2) is 6.27. The van der Waals surface area contributed by atoms with Crippen molar-refractivity contribution in [3.8, 4) is 0 Å². The summed E-state index contributed by atoms with van der Waals surface area (Å²) >= 11 is 1.45. The predicted octanol–water partition coefficient (Wildman–Crippen LogP) is 1.31. The van der Waals surface area contributed by atoms with Crippen LogP contribution in [0.4, 0.5) is 4.79 Å². The summed E-state index contributed by atoms with van der Waals surface area (Å²) in [6.07, 6.45) is 1.33. The van der Waals surface area contributed by atoms with Gasteiger partial charge in [0.1, 0.15) is 11.4 Å². The number of aryl methyl sites for hydroxylation is 2. The molecule has 0 aliphatic heterocycles. The number of hydrogen-bond acceptors (Lipinski definition) is 5. The fourth-order valence-corrected chi connectivity index (χ4v) is 2.99. The van der Waals surface area contributed by atoms with E-state index in [0.717, 1.165) is 10.4 Å². The third-order valence-electron chi connectivity index (χ3n) is 3.14. The number of carbonyl (C=O) groups is 2. The van der Waals surface area contributed by atoms with Crippen LogP contribution in [0.15, 0.2) is 11.1 Å². The fourth-order valence-electron chi connectivity index (χ4n) is 2.00. The average Bonchev–Trinajstić information content (AvgIpc) is 2.68. The van der Waals surface area contributed by atoms with E-state index in [1.165, 1.54) is 22.2 Å². The van der Waals surface area contributed by atoms with E-state index in [2.05, 4.69) is 15.6 Å². The molecule has 0 atom stereocenters. The molecular weight excluding hydrogens is 304 g/mol. The highest BCUT2D eigenvalue weighted by molar-refractivity contribution is 7.18. The number of fused-ring (bicyclic) bond motifs is 1. The Kier molecular flexibility index (Phi) is 4.60. The topological polar surface area (TPSA) is 93.1 Å². The highest BCUT2D eigenvalue weighted by Crippen LogP contribution is 2.25. The van der Waals surface area contributed by atoms with Crippen molar-refractivity contribution in [1.29, 1.82) is 0 Å². The van der Waals surface area contributed by atoms with Gasteiger partial charge in [0.15, 0.2) is 0 Å². The standard InChI is InChI=1S/C14H18N4O3S/c1-7(2)16-14(21)17-10(19)5-18-6-15-12-11(13(18)20)8(3)9(4)22-12/h6-7H,5H2,1-4H3,(H2,16,17,19,21). The van der Waals surface area contributed by atoms with Gasteiger partial charge in [0.2, 0.25) is 5.91 Å². The normalized spacial score (nSPS) is 11.0. The number of carbonyl (C=O) groups excluding carboxylic acids is 2. The third-order valence-corrected chi connectivity index (χ3v) is 4.26. The van der Waals surface area contributed by atoms with E-state index in [4.69, 9.17) is 0 Å². The Labute approximate surface area is 131 Å². The first-order valence-electron chi connectivity index (χ1n) is 6.85. The van der Waals surface area contributed by atoms with Gasteiger partial charge >= 0.3 is 6.03 Å². The van der Waals surface area contributed by atoms with Crippen molar-refractivity contribution in [3.63, 3.8) is 0 Å². The largest absolute Gasteiger partial charge is 0.336 e. The van der Waals surface area contributed by atoms with E-state index in [1.54, 1.807) is 13.8 Å². The van der Waals surface area contributed by atoms with Crippen molar-refractivity contribution in [2.75, 3.05) is 0 Å². The van der Waals surface area contributed by atoms with Gasteiger partial charge in [0.25, 0.3) is 5.56 Å². The van der Waals surface area contributed by atoms with Crippen LogP contribution in [-0.2, 0) is 11.3 Å². The molecule has 0 aromatic carbocycles. The quantitative estimate of drug-likeness (QED) is 0.891. The molecule has 8 heteroatoms. The second-order valence-electron chi connectivity index (χ2n) is 5.32. The summed E-state index contributed by atoms with van der Waals surface area (Å²) in [5.74, 6) is -0.564. The number of nitrogens with zero attached hydrogens (tertiary/aromatic N) is 2. The monoisotopic (exact) mass is 322 g/mol. The molecule has 0 unspecified atom stereocenters. The molecule has 0 bridgehead atoms. The van der Waals surface area contributed by atoms with Gasteiger partial charge in [-0.05, 0) is 33.3 Å². The summed E-state index contributed by atoms with van der Waals surface area (Å²) in [7, 11) is 0. The highest BCUT2D eigenvalue weighted by atomic mass is 32.1. The summed E-state index contributed by atoms with van der Waals surface area (Å²) in [5, 5.41) is 5.26. The fraction of sp³-hybridized carbons (Fsp3) is 0.429. The first-order valence-corrected chi connectivity index (χ1v) is 7.66. The van der Waals surface area contributed by atoms with Crippen molar-refractivity contribution in [2.24, 2.45) is 0 Å². The van der Waals surface area contributed by atoms with Gasteiger partial charge in [-0.3, -0.25) is 19.5 Å². The van der Waals surface area contributed by atoms with Gasteiger partial charge in [0.05, 0.1) is 11.7 Å². The maximum absolute atomic E-state index is 12.4. The average molecular weight is 322 g/mol. The summed E-state index contributed by atoms with van der Waals surface area (Å²) in [6, 6.07) is -0.658. The van der Waals surface area contributed by atoms with Crippen LogP contribution < -0.4 is 16.2 Å². The predicted molar refractivity (Wildman–Crippen MR) is 85.2 cm³/mol. The van der Waals surface area contributed by atoms with Crippen molar-refractivity contribution < 1.29 is 9.59 Å². The summed E-state index contributed by atoms with van der Waals surface area (Å²) in [4.78, 5) is 41.6. The SMILES string of the molecule is Cc1sc2ncn(CC(=O)NC(=O)NC(C)C)c(=O)c2c1C. The molecular formula is C14H18N4O3S. The van der Waals surface area contributed by atoms with Crippen molar-refractivity contribution >= 4 is 33.5 Å². The lowest BCUT2D eigenvalue weighted by Crippen LogP contribution is -2.44. The van der Waals surface area contributed by atoms with Crippen molar-refractivity contribution in [1.82, 2.24) is 20.2 Å². The van der Waals surface area contributed by atoms with E-state index in [1.807, 2.05) is 13.8 Å². The molecule has 2 N–H and O–H groups in total. The van der Waals surface area contributed by atoms with Crippen LogP contribution in [0.1, 0.15) is 24.3 Å². The van der Waals surface area contributed by atoms with Crippen LogP contribution in [-0.4, -0.2) is 27.5 Å². The molecule has 0 fully saturated rings. The minimum absolute atomic E-state index is 0.0787. The Morgan fingerprint density at radius 1 is 1.36 bits per heavy atom. The van der Waals surface area contributed by atoms with Crippen LogP contribution >= 0.6 is 11.3 Å². The molecule has 0 radical (unpaired) electrons. The number of nitrogens with one attached hydrogen (secondary N) is 2. The molecule has 2 aromatic heterocycles. The first-order chi connectivity index (χ1) is 10.3. The van der Waals surface area contributed by atoms with Crippen LogP contribution in [0.25, 0.3) is 10.2 Å². The van der Waals surface area contributed by atoms with Gasteiger partial charge in [-0.1, -0.05) is 0 Å². The van der Waals surface area contributed by atoms with Crippen molar-refractivity contribution in [2.45, 2.75) is 40.3 Å². The van der Waals surface area contributed by atoms with Crippen LogP contribution in [0.3, 0.4) is 0 Å². The van der Waals surface area contributed by atoms with Gasteiger partial charge in [0, 0.05) is 10.9 Å². The van der Waals surface area contributed by atoms with Gasteiger partial charge in [-0.25, -0.2) is 9.78 Å². The molecule has 0 aliphatic carbocycles. The first kappa shape index (κ1) is 16.2. The maximum Gasteiger partial charge on any atom is 0.321 e. The smallest absolute Gasteiger partial charge is 0.321 e. The Balaban J connectivity index is 2.20. The molecule has 0 spiro atoms. The lowest BCUT2D eigenvalue weighted by atomic mass is 10.2. The minimum atomic E-state index is -0.579. The van der Waals surface area contributed by atoms with E-state index >= 15 is 0 Å². The zero-order valence-corrected chi connectivity index (χ0v) is 13.7. The zero-order valence-electron chi connectivity index (χ0n) is 12.9. The van der Waals surface area contributed by atoms with Crippen LogP contribution in [0.5, 0.6) is 0 Å². The van der Waals surface area contributed by atoms with E-state index in [-0.39, 0.29) is 18.1 Å². The maximum atomic E-state index is 12.4. The second-order valence-corrected chi connectivity index (χ2v) is 6.52. The lowest BCUT2D eigenvalue weighted by Gasteiger charge is -2.10. The Hall–Kier alpha value is -2.22. The summed E-state index contributed by atoms with van der Waals surface area (Å²) in [6.45, 7) is 7.11. The zero-order chi connectivity index (χ0) is 16.4. The molecule has 2 heterocycles. The molecule has 0 saturated carbocycles. The molecule has 7 nitrogen and oxygen atoms in total. The Morgan fingerprint density at radius 3 is 2.68 bits per heavy atom. The molecule has 118 valence electrons. The number of thiophene rings is 1. The summed E-state index contributed by atoms with van der Waals surface area (Å²) < 4.78 is 1.21. The lowest BCUT2D eigenvalue weighted by molar-refractivity contribution is -0.120. The molecule has 0 saturated heterocycles. The number of imide groups is 1. The molecule has 3 amide bonds. The number of hydrogen-bond donors (Lipinski definition) is 2. The van der Waals surface area contributed by atoms with E-state index in [9.17, 15) is 14.4 Å². The van der Waals surface area contributed by atoms with Gasteiger partial charge < -0.3 is 5.32 Å². The Bertz CT molecular complexity index is 791. The van der Waals surface area contributed by atoms with Crippen LogP contribution in [0, 0.1) is 13.8 Å². The molecule has 22 heavy (non-hydrogen) atoms. The molecule has 0 aliphatic rings.